The first-order valence-corrected chi connectivity index (χ1v) is 3.34. The van der Waals surface area contributed by atoms with Crippen molar-refractivity contribution in [3.8, 4) is 0 Å². The monoisotopic (exact) mass is 278 g/mol. The zero-order valence-corrected chi connectivity index (χ0v) is 7.19. The second kappa shape index (κ2) is 3.90. The van der Waals surface area contributed by atoms with E-state index in [1.54, 1.807) is 0 Å². The quantitative estimate of drug-likeness (QED) is 0.531. The number of carbonyl (C=O) groups excluding carboxylic acids is 1. The summed E-state index contributed by atoms with van der Waals surface area (Å²) in [6.07, 6.45) is -21.4. The van der Waals surface area contributed by atoms with Crippen LogP contribution in [-0.2, 0) is 4.79 Å². The molecule has 0 fully saturated rings. The Kier molecular flexibility index (Phi) is 3.61. The average molecular weight is 278 g/mol. The summed E-state index contributed by atoms with van der Waals surface area (Å²) in [6, 6.07) is 0. The van der Waals surface area contributed by atoms with Crippen molar-refractivity contribution in [2.45, 2.75) is 18.5 Å². The minimum atomic E-state index is -7.12. The molecular weight excluding hydrogens is 278 g/mol. The zero-order chi connectivity index (χ0) is 14.3. The van der Waals surface area contributed by atoms with Gasteiger partial charge in [-0.15, -0.1) is 0 Å². The number of rotatable bonds is 1. The van der Waals surface area contributed by atoms with Crippen LogP contribution in [0.25, 0.3) is 0 Å². The van der Waals surface area contributed by atoms with Crippen molar-refractivity contribution in [3.63, 3.8) is 0 Å². The van der Waals surface area contributed by atoms with Gasteiger partial charge in [0, 0.05) is 0 Å². The molecule has 0 aromatic heterocycles. The highest BCUT2D eigenvalue weighted by molar-refractivity contribution is 5.53. The predicted octanol–water partition coefficient (Wildman–Crippen LogP) is 3.34. The lowest BCUT2D eigenvalue weighted by molar-refractivity contribution is -0.415. The summed E-state index contributed by atoms with van der Waals surface area (Å²) in [5.74, 6) is -4.67. The predicted molar refractivity (Wildman–Crippen MR) is 30.9 cm³/mol. The maximum absolute atomic E-state index is 12.3. The maximum Gasteiger partial charge on any atom is 0.419 e. The number of alkyl halides is 9. The summed E-state index contributed by atoms with van der Waals surface area (Å²) < 4.78 is 120. The molecule has 0 radical (unpaired) electrons. The Morgan fingerprint density at radius 3 is 1.00 bits per heavy atom. The summed E-state index contributed by atoms with van der Waals surface area (Å²) in [5.41, 5.74) is -6.85. The SMILES string of the molecule is O=C=C(F)C(C(F)(F)F)(C(F)(F)F)C(F)(F)F. The van der Waals surface area contributed by atoms with Gasteiger partial charge in [0.05, 0.1) is 0 Å². The molecule has 0 spiro atoms. The van der Waals surface area contributed by atoms with E-state index in [9.17, 15) is 48.7 Å². The fraction of sp³-hybridized carbons (Fsp3) is 0.667. The van der Waals surface area contributed by atoms with Gasteiger partial charge in [0.15, 0.2) is 5.94 Å². The van der Waals surface area contributed by atoms with Gasteiger partial charge in [0.1, 0.15) is 0 Å². The van der Waals surface area contributed by atoms with Gasteiger partial charge in [0.2, 0.25) is 5.83 Å². The molecule has 0 N–H and O–H groups in total. The van der Waals surface area contributed by atoms with Crippen molar-refractivity contribution in [1.29, 1.82) is 0 Å². The number of hydrogen-bond donors (Lipinski definition) is 0. The molecule has 0 saturated heterocycles. The van der Waals surface area contributed by atoms with E-state index >= 15 is 0 Å². The second-order valence-electron chi connectivity index (χ2n) is 2.66. The lowest BCUT2D eigenvalue weighted by Crippen LogP contribution is -2.60. The lowest BCUT2D eigenvalue weighted by atomic mass is 9.84. The van der Waals surface area contributed by atoms with Crippen LogP contribution in [0.4, 0.5) is 43.9 Å². The van der Waals surface area contributed by atoms with Gasteiger partial charge in [-0.2, -0.15) is 43.9 Å². The van der Waals surface area contributed by atoms with E-state index in [-0.39, 0.29) is 0 Å². The second-order valence-corrected chi connectivity index (χ2v) is 2.66. The van der Waals surface area contributed by atoms with Crippen molar-refractivity contribution >= 4 is 5.94 Å². The van der Waals surface area contributed by atoms with Crippen LogP contribution in [0.2, 0.25) is 0 Å². The average Bonchev–Trinajstić information content (AvgIpc) is 1.95. The highest BCUT2D eigenvalue weighted by Crippen LogP contribution is 2.62. The fourth-order valence-corrected chi connectivity index (χ4v) is 0.932. The Morgan fingerprint density at radius 1 is 0.706 bits per heavy atom. The minimum absolute atomic E-state index is 0.635. The Bertz CT molecular complexity index is 301. The van der Waals surface area contributed by atoms with Crippen LogP contribution in [0.3, 0.4) is 0 Å². The summed E-state index contributed by atoms with van der Waals surface area (Å²) >= 11 is 0. The molecule has 0 saturated carbocycles. The van der Waals surface area contributed by atoms with Crippen molar-refractivity contribution < 1.29 is 48.7 Å². The standard InChI is InChI=1S/C6F10O/c7-2(1-17)3(4(8,9)10,5(11,12)13)6(14,15)16. The number of halogens is 10. The largest absolute Gasteiger partial charge is 0.419 e. The van der Waals surface area contributed by atoms with Crippen molar-refractivity contribution in [2.75, 3.05) is 0 Å². The molecule has 0 aromatic carbocycles. The Morgan fingerprint density at radius 2 is 0.941 bits per heavy atom. The van der Waals surface area contributed by atoms with Crippen LogP contribution in [-0.4, -0.2) is 24.5 Å². The molecule has 11 heteroatoms. The third-order valence-corrected chi connectivity index (χ3v) is 1.69. The smallest absolute Gasteiger partial charge is 0.231 e. The Labute approximate surface area is 85.7 Å². The van der Waals surface area contributed by atoms with Gasteiger partial charge in [-0.05, 0) is 0 Å². The molecule has 0 rings (SSSR count). The Hall–Kier alpha value is -1.25. The molecule has 0 aliphatic heterocycles. The third kappa shape index (κ3) is 2.11. The molecule has 1 nitrogen and oxygen atoms in total. The van der Waals surface area contributed by atoms with Gasteiger partial charge < -0.3 is 0 Å². The molecule has 0 aliphatic carbocycles. The van der Waals surface area contributed by atoms with Crippen LogP contribution >= 0.6 is 0 Å². The van der Waals surface area contributed by atoms with E-state index in [1.165, 1.54) is 0 Å². The minimum Gasteiger partial charge on any atom is -0.231 e. The van der Waals surface area contributed by atoms with E-state index < -0.39 is 35.7 Å². The highest BCUT2D eigenvalue weighted by atomic mass is 19.4. The van der Waals surface area contributed by atoms with Crippen LogP contribution in [0.15, 0.2) is 5.83 Å². The lowest BCUT2D eigenvalue weighted by Gasteiger charge is -2.35. The summed E-state index contributed by atoms with van der Waals surface area (Å²) in [6.45, 7) is 0. The highest BCUT2D eigenvalue weighted by Gasteiger charge is 2.87. The van der Waals surface area contributed by atoms with Crippen molar-refractivity contribution in [3.05, 3.63) is 5.83 Å². The van der Waals surface area contributed by atoms with Gasteiger partial charge in [-0.3, -0.25) is 0 Å². The summed E-state index contributed by atoms with van der Waals surface area (Å²) in [7, 11) is 0. The van der Waals surface area contributed by atoms with Crippen LogP contribution in [0.5, 0.6) is 0 Å². The molecule has 100 valence electrons. The van der Waals surface area contributed by atoms with Gasteiger partial charge in [-0.1, -0.05) is 0 Å². The molecular formula is C6F10O. The molecule has 0 bridgehead atoms. The van der Waals surface area contributed by atoms with E-state index in [2.05, 4.69) is 0 Å². The summed E-state index contributed by atoms with van der Waals surface area (Å²) in [5, 5.41) is 0. The number of hydrogen-bond acceptors (Lipinski definition) is 1. The molecule has 0 atom stereocenters. The molecule has 0 unspecified atom stereocenters. The van der Waals surface area contributed by atoms with E-state index in [0.717, 1.165) is 0 Å². The van der Waals surface area contributed by atoms with Gasteiger partial charge in [-0.25, -0.2) is 4.79 Å². The normalized spacial score (nSPS) is 14.5. The fourth-order valence-electron chi connectivity index (χ4n) is 0.932. The van der Waals surface area contributed by atoms with Gasteiger partial charge >= 0.3 is 23.9 Å². The van der Waals surface area contributed by atoms with Crippen LogP contribution in [0, 0.1) is 5.41 Å². The van der Waals surface area contributed by atoms with Crippen molar-refractivity contribution in [1.82, 2.24) is 0 Å². The zero-order valence-electron chi connectivity index (χ0n) is 7.19. The summed E-state index contributed by atoms with van der Waals surface area (Å²) in [4.78, 5) is 9.45. The Balaban J connectivity index is 6.46. The van der Waals surface area contributed by atoms with E-state index in [1.807, 2.05) is 0 Å². The molecule has 0 aromatic rings. The molecule has 0 aliphatic rings. The topological polar surface area (TPSA) is 17.1 Å². The van der Waals surface area contributed by atoms with E-state index in [0.29, 0.717) is 0 Å². The van der Waals surface area contributed by atoms with Crippen molar-refractivity contribution in [2.24, 2.45) is 5.41 Å². The van der Waals surface area contributed by atoms with Crippen LogP contribution in [0.1, 0.15) is 0 Å². The molecule has 17 heavy (non-hydrogen) atoms. The van der Waals surface area contributed by atoms with Gasteiger partial charge in [0.25, 0.3) is 0 Å². The molecule has 0 amide bonds. The maximum atomic E-state index is 12.3. The number of allylic oxidation sites excluding steroid dienone is 1. The van der Waals surface area contributed by atoms with Crippen LogP contribution < -0.4 is 0 Å². The first kappa shape index (κ1) is 15.8. The first-order chi connectivity index (χ1) is 7.23. The van der Waals surface area contributed by atoms with E-state index in [4.69, 9.17) is 0 Å². The third-order valence-electron chi connectivity index (χ3n) is 1.69. The first-order valence-electron chi connectivity index (χ1n) is 3.34. The molecule has 0 heterocycles.